The first-order chi connectivity index (χ1) is 9.04. The number of carbonyl (C=O) groups is 2. The van der Waals surface area contributed by atoms with Crippen LogP contribution in [0.4, 0.5) is 0 Å². The molecule has 1 aromatic rings. The summed E-state index contributed by atoms with van der Waals surface area (Å²) >= 11 is 0. The van der Waals surface area contributed by atoms with Crippen molar-refractivity contribution in [3.63, 3.8) is 0 Å². The van der Waals surface area contributed by atoms with Crippen molar-refractivity contribution in [3.05, 3.63) is 29.6 Å². The standard InChI is InChI=1S/C13H13N3O3/c1-8-10(13(18)19)4-5-16(8)12(17)11-3-2-9(6-14)7-15-11/h2-3,7-8,10H,4-5H2,1H3,(H,18,19). The highest BCUT2D eigenvalue weighted by atomic mass is 16.4. The molecule has 0 aromatic carbocycles. The molecule has 1 saturated heterocycles. The third-order valence-corrected chi connectivity index (χ3v) is 3.44. The number of nitrogens with zero attached hydrogens (tertiary/aromatic N) is 3. The summed E-state index contributed by atoms with van der Waals surface area (Å²) in [5.74, 6) is -1.70. The van der Waals surface area contributed by atoms with Gasteiger partial charge in [0.15, 0.2) is 0 Å². The summed E-state index contributed by atoms with van der Waals surface area (Å²) in [6.07, 6.45) is 1.79. The number of pyridine rings is 1. The molecule has 98 valence electrons. The van der Waals surface area contributed by atoms with Gasteiger partial charge in [0.2, 0.25) is 0 Å². The van der Waals surface area contributed by atoms with E-state index in [9.17, 15) is 9.59 Å². The monoisotopic (exact) mass is 259 g/mol. The van der Waals surface area contributed by atoms with E-state index >= 15 is 0 Å². The van der Waals surface area contributed by atoms with Gasteiger partial charge in [-0.05, 0) is 25.5 Å². The van der Waals surface area contributed by atoms with Crippen LogP contribution in [-0.4, -0.2) is 39.5 Å². The molecule has 1 aliphatic heterocycles. The van der Waals surface area contributed by atoms with Crippen LogP contribution in [0.5, 0.6) is 0 Å². The number of amides is 1. The maximum absolute atomic E-state index is 12.2. The fourth-order valence-electron chi connectivity index (χ4n) is 2.29. The molecular formula is C13H13N3O3. The number of hydrogen-bond donors (Lipinski definition) is 1. The minimum Gasteiger partial charge on any atom is -0.481 e. The summed E-state index contributed by atoms with van der Waals surface area (Å²) in [5.41, 5.74) is 0.617. The lowest BCUT2D eigenvalue weighted by Gasteiger charge is -2.22. The van der Waals surface area contributed by atoms with Crippen molar-refractivity contribution in [1.82, 2.24) is 9.88 Å². The zero-order valence-corrected chi connectivity index (χ0v) is 10.4. The van der Waals surface area contributed by atoms with E-state index in [1.165, 1.54) is 23.2 Å². The first-order valence-corrected chi connectivity index (χ1v) is 5.94. The molecule has 0 saturated carbocycles. The molecule has 2 unspecified atom stereocenters. The van der Waals surface area contributed by atoms with Crippen molar-refractivity contribution in [1.29, 1.82) is 5.26 Å². The summed E-state index contributed by atoms with van der Waals surface area (Å²) < 4.78 is 0. The zero-order valence-electron chi connectivity index (χ0n) is 10.4. The molecule has 19 heavy (non-hydrogen) atoms. The van der Waals surface area contributed by atoms with Gasteiger partial charge in [-0.2, -0.15) is 5.26 Å². The minimum atomic E-state index is -0.879. The Morgan fingerprint density at radius 3 is 2.74 bits per heavy atom. The molecule has 2 heterocycles. The lowest BCUT2D eigenvalue weighted by atomic mass is 10.0. The summed E-state index contributed by atoms with van der Waals surface area (Å²) in [7, 11) is 0. The fraction of sp³-hybridized carbons (Fsp3) is 0.385. The molecule has 1 N–H and O–H groups in total. The number of aliphatic carboxylic acids is 1. The average Bonchev–Trinajstić information content (AvgIpc) is 2.80. The van der Waals surface area contributed by atoms with Gasteiger partial charge < -0.3 is 10.0 Å². The number of rotatable bonds is 2. The molecule has 1 amide bonds. The molecule has 1 aromatic heterocycles. The Kier molecular flexibility index (Phi) is 3.47. The molecule has 0 spiro atoms. The Hall–Kier alpha value is -2.42. The van der Waals surface area contributed by atoms with Gasteiger partial charge in [0.05, 0.1) is 11.5 Å². The normalized spacial score (nSPS) is 22.0. The Labute approximate surface area is 110 Å². The number of nitriles is 1. The van der Waals surface area contributed by atoms with Gasteiger partial charge >= 0.3 is 5.97 Å². The number of likely N-dealkylation sites (tertiary alicyclic amines) is 1. The minimum absolute atomic E-state index is 0.233. The van der Waals surface area contributed by atoms with Crippen molar-refractivity contribution >= 4 is 11.9 Å². The maximum atomic E-state index is 12.2. The maximum Gasteiger partial charge on any atom is 0.308 e. The van der Waals surface area contributed by atoms with Gasteiger partial charge in [0, 0.05) is 18.8 Å². The van der Waals surface area contributed by atoms with Crippen LogP contribution in [0.3, 0.4) is 0 Å². The molecule has 6 heteroatoms. The van der Waals surface area contributed by atoms with E-state index in [1.54, 1.807) is 6.92 Å². The van der Waals surface area contributed by atoms with Gasteiger partial charge in [-0.3, -0.25) is 9.59 Å². The first-order valence-electron chi connectivity index (χ1n) is 5.94. The van der Waals surface area contributed by atoms with E-state index < -0.39 is 11.9 Å². The van der Waals surface area contributed by atoms with E-state index in [0.29, 0.717) is 18.5 Å². The largest absolute Gasteiger partial charge is 0.481 e. The zero-order chi connectivity index (χ0) is 14.0. The van der Waals surface area contributed by atoms with E-state index in [1.807, 2.05) is 6.07 Å². The molecule has 0 aliphatic carbocycles. The fourth-order valence-corrected chi connectivity index (χ4v) is 2.29. The van der Waals surface area contributed by atoms with Gasteiger partial charge in [-0.15, -0.1) is 0 Å². The molecule has 2 atom stereocenters. The number of hydrogen-bond acceptors (Lipinski definition) is 4. The molecule has 1 fully saturated rings. The number of carboxylic acid groups (broad SMARTS) is 1. The number of aromatic nitrogens is 1. The highest BCUT2D eigenvalue weighted by Crippen LogP contribution is 2.25. The summed E-state index contributed by atoms with van der Waals surface area (Å²) in [6.45, 7) is 2.14. The number of carbonyl (C=O) groups excluding carboxylic acids is 1. The van der Waals surface area contributed by atoms with Crippen LogP contribution in [-0.2, 0) is 4.79 Å². The van der Waals surface area contributed by atoms with Crippen LogP contribution in [0.15, 0.2) is 18.3 Å². The van der Waals surface area contributed by atoms with Crippen LogP contribution in [0, 0.1) is 17.2 Å². The third-order valence-electron chi connectivity index (χ3n) is 3.44. The lowest BCUT2D eigenvalue weighted by Crippen LogP contribution is -2.38. The first kappa shape index (κ1) is 13.0. The van der Waals surface area contributed by atoms with Crippen molar-refractivity contribution in [2.24, 2.45) is 5.92 Å². The van der Waals surface area contributed by atoms with Crippen LogP contribution >= 0.6 is 0 Å². The SMILES string of the molecule is CC1C(C(=O)O)CCN1C(=O)c1ccc(C#N)cn1. The smallest absolute Gasteiger partial charge is 0.308 e. The summed E-state index contributed by atoms with van der Waals surface area (Å²) in [4.78, 5) is 28.7. The van der Waals surface area contributed by atoms with E-state index in [0.717, 1.165) is 0 Å². The van der Waals surface area contributed by atoms with Gasteiger partial charge in [0.25, 0.3) is 5.91 Å². The predicted octanol–water partition coefficient (Wildman–Crippen LogP) is 0.888. The van der Waals surface area contributed by atoms with Crippen LogP contribution in [0.25, 0.3) is 0 Å². The van der Waals surface area contributed by atoms with E-state index in [-0.39, 0.29) is 17.6 Å². The molecule has 2 rings (SSSR count). The predicted molar refractivity (Wildman–Crippen MR) is 65.2 cm³/mol. The Balaban J connectivity index is 2.16. The molecule has 0 radical (unpaired) electrons. The average molecular weight is 259 g/mol. The highest BCUT2D eigenvalue weighted by molar-refractivity contribution is 5.93. The van der Waals surface area contributed by atoms with E-state index in [4.69, 9.17) is 10.4 Å². The Bertz CT molecular complexity index is 547. The van der Waals surface area contributed by atoms with Crippen molar-refractivity contribution in [3.8, 4) is 6.07 Å². The topological polar surface area (TPSA) is 94.3 Å². The van der Waals surface area contributed by atoms with Gasteiger partial charge in [-0.25, -0.2) is 4.98 Å². The summed E-state index contributed by atoms with van der Waals surface area (Å²) in [5, 5.41) is 17.7. The van der Waals surface area contributed by atoms with Crippen molar-refractivity contribution < 1.29 is 14.7 Å². The molecule has 1 aliphatic rings. The second kappa shape index (κ2) is 5.06. The van der Waals surface area contributed by atoms with Crippen LogP contribution in [0.1, 0.15) is 29.4 Å². The highest BCUT2D eigenvalue weighted by Gasteiger charge is 2.38. The second-order valence-corrected chi connectivity index (χ2v) is 4.52. The molecule has 6 nitrogen and oxygen atoms in total. The lowest BCUT2D eigenvalue weighted by molar-refractivity contribution is -0.142. The second-order valence-electron chi connectivity index (χ2n) is 4.52. The van der Waals surface area contributed by atoms with Crippen LogP contribution in [0.2, 0.25) is 0 Å². The van der Waals surface area contributed by atoms with Gasteiger partial charge in [-0.1, -0.05) is 0 Å². The molecule has 0 bridgehead atoms. The quantitative estimate of drug-likeness (QED) is 0.851. The summed E-state index contributed by atoms with van der Waals surface area (Å²) in [6, 6.07) is 4.59. The van der Waals surface area contributed by atoms with Crippen molar-refractivity contribution in [2.45, 2.75) is 19.4 Å². The van der Waals surface area contributed by atoms with Gasteiger partial charge in [0.1, 0.15) is 11.8 Å². The molecular weight excluding hydrogens is 246 g/mol. The third kappa shape index (κ3) is 2.40. The van der Waals surface area contributed by atoms with E-state index in [2.05, 4.69) is 4.98 Å². The number of carboxylic acids is 1. The Morgan fingerprint density at radius 1 is 1.53 bits per heavy atom. The van der Waals surface area contributed by atoms with Crippen molar-refractivity contribution in [2.75, 3.05) is 6.54 Å². The Morgan fingerprint density at radius 2 is 2.26 bits per heavy atom. The van der Waals surface area contributed by atoms with Crippen LogP contribution < -0.4 is 0 Å².